The molecule has 2 aliphatic rings. The SMILES string of the molecule is COC(=O)c1ccc2c(c1)CCC(C)C=C2c1ccc(CC2CCN(C(=O)O)C2)cc1. The number of carbonyl (C=O) groups excluding carboxylic acids is 1. The lowest BCUT2D eigenvalue weighted by Gasteiger charge is -2.15. The molecule has 162 valence electrons. The number of methoxy groups -OCH3 is 1. The third-order valence-electron chi connectivity index (χ3n) is 6.48. The average Bonchev–Trinajstić information content (AvgIpc) is 3.18. The summed E-state index contributed by atoms with van der Waals surface area (Å²) in [5, 5.41) is 9.16. The van der Waals surface area contributed by atoms with Gasteiger partial charge in [0.1, 0.15) is 0 Å². The number of ether oxygens (including phenoxy) is 1. The summed E-state index contributed by atoms with van der Waals surface area (Å²) in [5.41, 5.74) is 6.57. The Morgan fingerprint density at radius 3 is 2.58 bits per heavy atom. The number of esters is 1. The van der Waals surface area contributed by atoms with E-state index in [-0.39, 0.29) is 5.97 Å². The molecule has 0 radical (unpaired) electrons. The zero-order valence-electron chi connectivity index (χ0n) is 18.1. The number of amides is 1. The summed E-state index contributed by atoms with van der Waals surface area (Å²) in [6, 6.07) is 14.5. The second kappa shape index (κ2) is 8.96. The Bertz CT molecular complexity index is 1010. The van der Waals surface area contributed by atoms with Crippen molar-refractivity contribution in [1.29, 1.82) is 0 Å². The second-order valence-corrected chi connectivity index (χ2v) is 8.74. The summed E-state index contributed by atoms with van der Waals surface area (Å²) < 4.78 is 4.89. The first-order chi connectivity index (χ1) is 14.9. The van der Waals surface area contributed by atoms with Gasteiger partial charge in [0.15, 0.2) is 0 Å². The topological polar surface area (TPSA) is 66.8 Å². The van der Waals surface area contributed by atoms with Gasteiger partial charge in [-0.25, -0.2) is 9.59 Å². The van der Waals surface area contributed by atoms with Crippen molar-refractivity contribution in [3.8, 4) is 0 Å². The molecule has 0 spiro atoms. The van der Waals surface area contributed by atoms with Crippen molar-refractivity contribution < 1.29 is 19.4 Å². The highest BCUT2D eigenvalue weighted by molar-refractivity contribution is 5.91. The van der Waals surface area contributed by atoms with Gasteiger partial charge in [0, 0.05) is 13.1 Å². The van der Waals surface area contributed by atoms with Crippen LogP contribution in [-0.4, -0.2) is 42.3 Å². The summed E-state index contributed by atoms with van der Waals surface area (Å²) in [4.78, 5) is 24.6. The van der Waals surface area contributed by atoms with Crippen LogP contribution >= 0.6 is 0 Å². The standard InChI is InChI=1S/C26H29NO4/c1-17-3-6-21-15-22(25(28)31-2)9-10-23(21)24(13-17)20-7-4-18(5-8-20)14-19-11-12-27(16-19)26(29)30/h4-5,7-10,13,15,17,19H,3,6,11-12,14,16H2,1-2H3,(H,29,30). The van der Waals surface area contributed by atoms with Crippen molar-refractivity contribution in [2.24, 2.45) is 11.8 Å². The molecule has 1 aliphatic heterocycles. The van der Waals surface area contributed by atoms with E-state index in [1.807, 2.05) is 18.2 Å². The summed E-state index contributed by atoms with van der Waals surface area (Å²) in [6.07, 6.45) is 5.31. The second-order valence-electron chi connectivity index (χ2n) is 8.74. The number of benzene rings is 2. The zero-order chi connectivity index (χ0) is 22.0. The number of carbonyl (C=O) groups is 2. The minimum atomic E-state index is -0.818. The lowest BCUT2D eigenvalue weighted by molar-refractivity contribution is 0.0600. The number of aryl methyl sites for hydroxylation is 1. The van der Waals surface area contributed by atoms with Gasteiger partial charge in [0.25, 0.3) is 0 Å². The largest absolute Gasteiger partial charge is 0.465 e. The van der Waals surface area contributed by atoms with Crippen molar-refractivity contribution in [2.45, 2.75) is 32.6 Å². The molecule has 1 heterocycles. The number of allylic oxidation sites excluding steroid dienone is 1. The van der Waals surface area contributed by atoms with Gasteiger partial charge in [0.2, 0.25) is 0 Å². The highest BCUT2D eigenvalue weighted by atomic mass is 16.5. The predicted molar refractivity (Wildman–Crippen MR) is 120 cm³/mol. The fourth-order valence-electron chi connectivity index (χ4n) is 4.73. The molecule has 1 fully saturated rings. The molecule has 2 unspecified atom stereocenters. The Morgan fingerprint density at radius 1 is 1.13 bits per heavy atom. The van der Waals surface area contributed by atoms with Crippen LogP contribution in [0.3, 0.4) is 0 Å². The molecule has 0 bridgehead atoms. The van der Waals surface area contributed by atoms with Gasteiger partial charge in [-0.05, 0) is 77.5 Å². The van der Waals surface area contributed by atoms with Crippen molar-refractivity contribution >= 4 is 17.6 Å². The van der Waals surface area contributed by atoms with E-state index in [0.29, 0.717) is 30.5 Å². The molecule has 0 saturated carbocycles. The summed E-state index contributed by atoms with van der Waals surface area (Å²) in [5.74, 6) is 0.532. The average molecular weight is 420 g/mol. The predicted octanol–water partition coefficient (Wildman–Crippen LogP) is 5.03. The van der Waals surface area contributed by atoms with Crippen LogP contribution in [0.1, 0.15) is 52.4 Å². The third-order valence-corrected chi connectivity index (χ3v) is 6.48. The van der Waals surface area contributed by atoms with Crippen LogP contribution in [0, 0.1) is 11.8 Å². The number of hydrogen-bond acceptors (Lipinski definition) is 3. The van der Waals surface area contributed by atoms with Crippen LogP contribution in [0.25, 0.3) is 5.57 Å². The summed E-state index contributed by atoms with van der Waals surface area (Å²) >= 11 is 0. The molecular weight excluding hydrogens is 390 g/mol. The van der Waals surface area contributed by atoms with Crippen LogP contribution in [0.4, 0.5) is 4.79 Å². The Morgan fingerprint density at radius 2 is 1.90 bits per heavy atom. The maximum atomic E-state index is 12.0. The van der Waals surface area contributed by atoms with Crippen LogP contribution in [0.15, 0.2) is 48.5 Å². The van der Waals surface area contributed by atoms with E-state index < -0.39 is 6.09 Å². The van der Waals surface area contributed by atoms with E-state index in [1.54, 1.807) is 0 Å². The molecule has 1 N–H and O–H groups in total. The molecule has 2 aromatic rings. The van der Waals surface area contributed by atoms with Gasteiger partial charge >= 0.3 is 12.1 Å². The fourth-order valence-corrected chi connectivity index (χ4v) is 4.73. The molecule has 2 atom stereocenters. The number of hydrogen-bond donors (Lipinski definition) is 1. The fraction of sp³-hybridized carbons (Fsp3) is 0.385. The number of nitrogens with zero attached hydrogens (tertiary/aromatic N) is 1. The normalized spacial score (nSPS) is 20.6. The molecule has 4 rings (SSSR count). The Balaban J connectivity index is 1.56. The zero-order valence-corrected chi connectivity index (χ0v) is 18.1. The molecule has 5 nitrogen and oxygen atoms in total. The number of rotatable bonds is 4. The van der Waals surface area contributed by atoms with Gasteiger partial charge in [-0.1, -0.05) is 43.3 Å². The van der Waals surface area contributed by atoms with E-state index in [2.05, 4.69) is 37.3 Å². The third kappa shape index (κ3) is 4.66. The molecule has 1 aliphatic carbocycles. The van der Waals surface area contributed by atoms with Crippen LogP contribution in [-0.2, 0) is 17.6 Å². The number of fused-ring (bicyclic) bond motifs is 1. The Hall–Kier alpha value is -3.08. The molecule has 1 saturated heterocycles. The van der Waals surface area contributed by atoms with E-state index in [9.17, 15) is 9.59 Å². The van der Waals surface area contributed by atoms with Gasteiger partial charge in [-0.15, -0.1) is 0 Å². The maximum absolute atomic E-state index is 12.0. The molecule has 1 amide bonds. The first-order valence-electron chi connectivity index (χ1n) is 10.9. The smallest absolute Gasteiger partial charge is 0.407 e. The van der Waals surface area contributed by atoms with E-state index in [4.69, 9.17) is 9.84 Å². The maximum Gasteiger partial charge on any atom is 0.407 e. The van der Waals surface area contributed by atoms with Crippen molar-refractivity contribution in [3.63, 3.8) is 0 Å². The van der Waals surface area contributed by atoms with Gasteiger partial charge < -0.3 is 14.7 Å². The quantitative estimate of drug-likeness (QED) is 0.706. The van der Waals surface area contributed by atoms with Gasteiger partial charge in [-0.2, -0.15) is 0 Å². The first-order valence-corrected chi connectivity index (χ1v) is 10.9. The van der Waals surface area contributed by atoms with Gasteiger partial charge in [0.05, 0.1) is 12.7 Å². The lowest BCUT2D eigenvalue weighted by atomic mass is 9.91. The molecule has 31 heavy (non-hydrogen) atoms. The molecule has 5 heteroatoms. The first kappa shape index (κ1) is 21.2. The Kier molecular flexibility index (Phi) is 6.12. The lowest BCUT2D eigenvalue weighted by Crippen LogP contribution is -2.26. The van der Waals surface area contributed by atoms with E-state index in [0.717, 1.165) is 25.7 Å². The molecular formula is C26H29NO4. The van der Waals surface area contributed by atoms with Gasteiger partial charge in [-0.3, -0.25) is 0 Å². The molecule has 2 aromatic carbocycles. The number of carboxylic acid groups (broad SMARTS) is 1. The van der Waals surface area contributed by atoms with Crippen LogP contribution in [0.2, 0.25) is 0 Å². The Labute approximate surface area is 183 Å². The van der Waals surface area contributed by atoms with Crippen molar-refractivity contribution in [3.05, 3.63) is 76.4 Å². The van der Waals surface area contributed by atoms with Crippen LogP contribution in [0.5, 0.6) is 0 Å². The number of likely N-dealkylation sites (tertiary alicyclic amines) is 1. The van der Waals surface area contributed by atoms with E-state index >= 15 is 0 Å². The van der Waals surface area contributed by atoms with Crippen molar-refractivity contribution in [1.82, 2.24) is 4.90 Å². The highest BCUT2D eigenvalue weighted by Crippen LogP contribution is 2.34. The minimum absolute atomic E-state index is 0.302. The van der Waals surface area contributed by atoms with Crippen LogP contribution < -0.4 is 0 Å². The minimum Gasteiger partial charge on any atom is -0.465 e. The monoisotopic (exact) mass is 419 g/mol. The highest BCUT2D eigenvalue weighted by Gasteiger charge is 2.26. The molecule has 0 aromatic heterocycles. The van der Waals surface area contributed by atoms with E-state index in [1.165, 1.54) is 39.8 Å². The summed E-state index contributed by atoms with van der Waals surface area (Å²) in [6.45, 7) is 3.48. The summed E-state index contributed by atoms with van der Waals surface area (Å²) in [7, 11) is 1.41. The van der Waals surface area contributed by atoms with Crippen molar-refractivity contribution in [2.75, 3.05) is 20.2 Å².